The van der Waals surface area contributed by atoms with E-state index in [1.54, 1.807) is 18.2 Å². The zero-order valence-electron chi connectivity index (χ0n) is 12.5. The van der Waals surface area contributed by atoms with E-state index in [9.17, 15) is 8.42 Å². The third kappa shape index (κ3) is 4.29. The van der Waals surface area contributed by atoms with E-state index in [0.717, 1.165) is 19.0 Å². The van der Waals surface area contributed by atoms with Crippen LogP contribution in [0, 0.1) is 17.2 Å². The zero-order chi connectivity index (χ0) is 15.3. The Kier molecular flexibility index (Phi) is 5.38. The van der Waals surface area contributed by atoms with Gasteiger partial charge in [0, 0.05) is 13.1 Å². The third-order valence-electron chi connectivity index (χ3n) is 4.19. The van der Waals surface area contributed by atoms with Crippen molar-refractivity contribution in [1.29, 1.82) is 5.26 Å². The fourth-order valence-electron chi connectivity index (χ4n) is 2.55. The highest BCUT2D eigenvalue weighted by atomic mass is 32.2. The standard InChI is InChI=1S/C16H22N2O2S/c1-2-18(13-14-5-3-6-14)9-10-21(19,20)16-8-4-7-15(11-16)12-17/h4,7-8,11,14H,2-3,5-6,9-10,13H2,1H3. The minimum Gasteiger partial charge on any atom is -0.302 e. The third-order valence-corrected chi connectivity index (χ3v) is 5.88. The summed E-state index contributed by atoms with van der Waals surface area (Å²) in [6.45, 7) is 4.52. The largest absolute Gasteiger partial charge is 0.302 e. The Hall–Kier alpha value is -1.38. The van der Waals surface area contributed by atoms with Crippen LogP contribution in [0.3, 0.4) is 0 Å². The Morgan fingerprint density at radius 3 is 2.71 bits per heavy atom. The highest BCUT2D eigenvalue weighted by Crippen LogP contribution is 2.27. The van der Waals surface area contributed by atoms with Crippen molar-refractivity contribution in [3.05, 3.63) is 29.8 Å². The van der Waals surface area contributed by atoms with Crippen molar-refractivity contribution in [3.63, 3.8) is 0 Å². The van der Waals surface area contributed by atoms with E-state index < -0.39 is 9.84 Å². The molecule has 0 N–H and O–H groups in total. The van der Waals surface area contributed by atoms with Gasteiger partial charge in [0.05, 0.1) is 22.3 Å². The van der Waals surface area contributed by atoms with Crippen LogP contribution in [0.4, 0.5) is 0 Å². The molecule has 1 aromatic carbocycles. The number of rotatable bonds is 7. The lowest BCUT2D eigenvalue weighted by molar-refractivity contribution is 0.191. The topological polar surface area (TPSA) is 61.2 Å². The first-order chi connectivity index (χ1) is 10.0. The summed E-state index contributed by atoms with van der Waals surface area (Å²) in [7, 11) is -3.32. The lowest BCUT2D eigenvalue weighted by Crippen LogP contribution is -2.35. The molecule has 0 aromatic heterocycles. The van der Waals surface area contributed by atoms with Crippen molar-refractivity contribution in [2.45, 2.75) is 31.1 Å². The van der Waals surface area contributed by atoms with Crippen molar-refractivity contribution in [3.8, 4) is 6.07 Å². The SMILES string of the molecule is CCN(CCS(=O)(=O)c1cccc(C#N)c1)CC1CCC1. The summed E-state index contributed by atoms with van der Waals surface area (Å²) in [5.41, 5.74) is 0.387. The Bertz CT molecular complexity index is 615. The number of nitriles is 1. The van der Waals surface area contributed by atoms with Crippen molar-refractivity contribution < 1.29 is 8.42 Å². The van der Waals surface area contributed by atoms with Crippen molar-refractivity contribution >= 4 is 9.84 Å². The molecule has 1 aliphatic rings. The number of benzene rings is 1. The quantitative estimate of drug-likeness (QED) is 0.776. The maximum atomic E-state index is 12.4. The molecule has 21 heavy (non-hydrogen) atoms. The average Bonchev–Trinajstić information content (AvgIpc) is 2.45. The molecule has 0 heterocycles. The molecule has 2 rings (SSSR count). The number of sulfone groups is 1. The van der Waals surface area contributed by atoms with Gasteiger partial charge in [0.2, 0.25) is 0 Å². The van der Waals surface area contributed by atoms with Gasteiger partial charge >= 0.3 is 0 Å². The highest BCUT2D eigenvalue weighted by Gasteiger charge is 2.22. The molecule has 0 radical (unpaired) electrons. The second kappa shape index (κ2) is 7.06. The maximum Gasteiger partial charge on any atom is 0.179 e. The van der Waals surface area contributed by atoms with E-state index in [1.165, 1.54) is 25.3 Å². The van der Waals surface area contributed by atoms with Crippen LogP contribution in [0.2, 0.25) is 0 Å². The number of hydrogen-bond donors (Lipinski definition) is 0. The van der Waals surface area contributed by atoms with E-state index in [4.69, 9.17) is 5.26 Å². The van der Waals surface area contributed by atoms with Gasteiger partial charge in [-0.15, -0.1) is 0 Å². The maximum absolute atomic E-state index is 12.4. The zero-order valence-corrected chi connectivity index (χ0v) is 13.3. The van der Waals surface area contributed by atoms with Gasteiger partial charge < -0.3 is 4.90 Å². The molecular formula is C16H22N2O2S. The first-order valence-corrected chi connectivity index (χ1v) is 9.15. The number of nitrogens with zero attached hydrogens (tertiary/aromatic N) is 2. The summed E-state index contributed by atoms with van der Waals surface area (Å²) < 4.78 is 24.7. The first kappa shape index (κ1) is 16.0. The molecule has 1 saturated carbocycles. The first-order valence-electron chi connectivity index (χ1n) is 7.50. The molecule has 1 aromatic rings. The Morgan fingerprint density at radius 1 is 1.38 bits per heavy atom. The molecule has 5 heteroatoms. The second-order valence-electron chi connectivity index (χ2n) is 5.65. The van der Waals surface area contributed by atoms with E-state index in [1.807, 2.05) is 6.07 Å². The predicted molar refractivity (Wildman–Crippen MR) is 82.7 cm³/mol. The monoisotopic (exact) mass is 306 g/mol. The number of hydrogen-bond acceptors (Lipinski definition) is 4. The van der Waals surface area contributed by atoms with Gasteiger partial charge in [0.25, 0.3) is 0 Å². The minimum atomic E-state index is -3.32. The summed E-state index contributed by atoms with van der Waals surface area (Å²) in [6.07, 6.45) is 3.85. The molecule has 1 fully saturated rings. The molecule has 0 amide bonds. The molecule has 0 aliphatic heterocycles. The Labute approximate surface area is 127 Å². The van der Waals surface area contributed by atoms with Crippen molar-refractivity contribution in [2.24, 2.45) is 5.92 Å². The van der Waals surface area contributed by atoms with E-state index in [2.05, 4.69) is 11.8 Å². The van der Waals surface area contributed by atoms with Crippen LogP contribution in [-0.4, -0.2) is 38.7 Å². The van der Waals surface area contributed by atoms with Crippen molar-refractivity contribution in [1.82, 2.24) is 4.90 Å². The summed E-state index contributed by atoms with van der Waals surface area (Å²) in [5.74, 6) is 0.859. The minimum absolute atomic E-state index is 0.114. The smallest absolute Gasteiger partial charge is 0.179 e. The van der Waals surface area contributed by atoms with Crippen LogP contribution < -0.4 is 0 Å². The normalized spacial score (nSPS) is 15.7. The summed E-state index contributed by atoms with van der Waals surface area (Å²) in [4.78, 5) is 2.47. The van der Waals surface area contributed by atoms with E-state index in [-0.39, 0.29) is 10.6 Å². The summed E-state index contributed by atoms with van der Waals surface area (Å²) in [5, 5.41) is 8.86. The highest BCUT2D eigenvalue weighted by molar-refractivity contribution is 7.91. The fraction of sp³-hybridized carbons (Fsp3) is 0.562. The molecule has 0 atom stereocenters. The molecule has 0 bridgehead atoms. The molecular weight excluding hydrogens is 284 g/mol. The van der Waals surface area contributed by atoms with Crippen LogP contribution >= 0.6 is 0 Å². The van der Waals surface area contributed by atoms with Crippen LogP contribution in [0.25, 0.3) is 0 Å². The van der Waals surface area contributed by atoms with E-state index >= 15 is 0 Å². The Balaban J connectivity index is 1.97. The lowest BCUT2D eigenvalue weighted by atomic mass is 9.85. The van der Waals surface area contributed by atoms with Gasteiger partial charge in [0.1, 0.15) is 0 Å². The van der Waals surface area contributed by atoms with Crippen LogP contribution in [0.5, 0.6) is 0 Å². The molecule has 0 spiro atoms. The van der Waals surface area contributed by atoms with Gasteiger partial charge in [-0.25, -0.2) is 8.42 Å². The average molecular weight is 306 g/mol. The van der Waals surface area contributed by atoms with Crippen LogP contribution in [0.1, 0.15) is 31.7 Å². The predicted octanol–water partition coefficient (Wildman–Crippen LogP) is 2.45. The lowest BCUT2D eigenvalue weighted by Gasteiger charge is -2.31. The summed E-state index contributed by atoms with van der Waals surface area (Å²) in [6, 6.07) is 8.25. The van der Waals surface area contributed by atoms with Crippen LogP contribution in [-0.2, 0) is 9.84 Å². The fourth-order valence-corrected chi connectivity index (χ4v) is 3.87. The van der Waals surface area contributed by atoms with Crippen molar-refractivity contribution in [2.75, 3.05) is 25.4 Å². The van der Waals surface area contributed by atoms with Gasteiger partial charge in [-0.3, -0.25) is 0 Å². The molecule has 114 valence electrons. The molecule has 0 saturated heterocycles. The van der Waals surface area contributed by atoms with Gasteiger partial charge in [-0.1, -0.05) is 19.4 Å². The van der Waals surface area contributed by atoms with Crippen LogP contribution in [0.15, 0.2) is 29.2 Å². The Morgan fingerprint density at radius 2 is 2.14 bits per heavy atom. The summed E-state index contributed by atoms with van der Waals surface area (Å²) >= 11 is 0. The van der Waals surface area contributed by atoms with Gasteiger partial charge in [-0.05, 0) is 43.5 Å². The van der Waals surface area contributed by atoms with Gasteiger partial charge in [0.15, 0.2) is 9.84 Å². The van der Waals surface area contributed by atoms with E-state index in [0.29, 0.717) is 12.1 Å². The van der Waals surface area contributed by atoms with Gasteiger partial charge in [-0.2, -0.15) is 5.26 Å². The molecule has 1 aliphatic carbocycles. The second-order valence-corrected chi connectivity index (χ2v) is 7.76. The molecule has 0 unspecified atom stereocenters. The molecule has 4 nitrogen and oxygen atoms in total.